The first-order valence-corrected chi connectivity index (χ1v) is 7.16. The van der Waals surface area contributed by atoms with E-state index in [1.54, 1.807) is 6.92 Å². The second kappa shape index (κ2) is 5.11. The van der Waals surface area contributed by atoms with Gasteiger partial charge in [-0.3, -0.25) is 0 Å². The minimum Gasteiger partial charge on any atom is -0.491 e. The van der Waals surface area contributed by atoms with Crippen LogP contribution in [0.4, 0.5) is 0 Å². The molecule has 1 unspecified atom stereocenters. The third-order valence-corrected chi connectivity index (χ3v) is 2.99. The predicted octanol–water partition coefficient (Wildman–Crippen LogP) is 1.01. The molecule has 7 heteroatoms. The Labute approximate surface area is 103 Å². The Morgan fingerprint density at radius 3 is 2.69 bits per heavy atom. The van der Waals surface area contributed by atoms with E-state index < -0.39 is 15.9 Å². The smallest absolute Gasteiger partial charge is 0.192 e. The molecule has 0 saturated heterocycles. The standard InChI is InChI=1S/C9H12BrNO4S/c1-6(12)5-15-7-3-8(10)11-9(4-7)16(2,13)14/h3-4,6,12H,5H2,1-2H3. The molecular formula is C9H12BrNO4S. The number of rotatable bonds is 4. The number of hydrogen-bond donors (Lipinski definition) is 1. The monoisotopic (exact) mass is 309 g/mol. The third-order valence-electron chi connectivity index (χ3n) is 1.62. The summed E-state index contributed by atoms with van der Waals surface area (Å²) >= 11 is 3.09. The van der Waals surface area contributed by atoms with Crippen LogP contribution >= 0.6 is 15.9 Å². The lowest BCUT2D eigenvalue weighted by molar-refractivity contribution is 0.122. The van der Waals surface area contributed by atoms with E-state index in [1.165, 1.54) is 12.1 Å². The van der Waals surface area contributed by atoms with Crippen molar-refractivity contribution in [3.05, 3.63) is 16.7 Å². The number of halogens is 1. The summed E-state index contributed by atoms with van der Waals surface area (Å²) in [6, 6.07) is 2.86. The normalized spacial score (nSPS) is 13.5. The molecule has 0 amide bonds. The highest BCUT2D eigenvalue weighted by Gasteiger charge is 2.12. The maximum atomic E-state index is 11.3. The predicted molar refractivity (Wildman–Crippen MR) is 62.2 cm³/mol. The van der Waals surface area contributed by atoms with Crippen molar-refractivity contribution in [2.75, 3.05) is 12.9 Å². The van der Waals surface area contributed by atoms with E-state index in [-0.39, 0.29) is 11.6 Å². The summed E-state index contributed by atoms with van der Waals surface area (Å²) in [5.41, 5.74) is 0. The zero-order valence-corrected chi connectivity index (χ0v) is 11.2. The summed E-state index contributed by atoms with van der Waals surface area (Å²) in [4.78, 5) is 3.82. The molecule has 0 spiro atoms. The van der Waals surface area contributed by atoms with Crippen molar-refractivity contribution in [1.82, 2.24) is 4.98 Å². The van der Waals surface area contributed by atoms with Crippen molar-refractivity contribution in [2.24, 2.45) is 0 Å². The van der Waals surface area contributed by atoms with Crippen LogP contribution in [-0.4, -0.2) is 37.5 Å². The Kier molecular flexibility index (Phi) is 4.28. The fourth-order valence-electron chi connectivity index (χ4n) is 0.941. The van der Waals surface area contributed by atoms with E-state index in [1.807, 2.05) is 0 Å². The molecule has 16 heavy (non-hydrogen) atoms. The van der Waals surface area contributed by atoms with Gasteiger partial charge in [0.05, 0.1) is 6.10 Å². The summed E-state index contributed by atoms with van der Waals surface area (Å²) in [6.07, 6.45) is 0.453. The van der Waals surface area contributed by atoms with Gasteiger partial charge in [0.2, 0.25) is 0 Å². The highest BCUT2D eigenvalue weighted by molar-refractivity contribution is 9.10. The molecule has 0 aliphatic heterocycles. The molecular weight excluding hydrogens is 298 g/mol. The first kappa shape index (κ1) is 13.4. The van der Waals surface area contributed by atoms with Crippen LogP contribution in [-0.2, 0) is 9.84 Å². The molecule has 5 nitrogen and oxygen atoms in total. The van der Waals surface area contributed by atoms with Crippen LogP contribution < -0.4 is 4.74 Å². The largest absolute Gasteiger partial charge is 0.491 e. The van der Waals surface area contributed by atoms with Gasteiger partial charge in [-0.05, 0) is 22.9 Å². The van der Waals surface area contributed by atoms with Gasteiger partial charge >= 0.3 is 0 Å². The molecule has 1 atom stereocenters. The van der Waals surface area contributed by atoms with Gasteiger partial charge in [-0.2, -0.15) is 0 Å². The van der Waals surface area contributed by atoms with E-state index in [4.69, 9.17) is 9.84 Å². The number of nitrogens with zero attached hydrogens (tertiary/aromatic N) is 1. The second-order valence-electron chi connectivity index (χ2n) is 3.40. The molecule has 0 aliphatic rings. The molecule has 0 saturated carbocycles. The molecule has 1 aromatic heterocycles. The maximum absolute atomic E-state index is 11.3. The number of aromatic nitrogens is 1. The van der Waals surface area contributed by atoms with Crippen LogP contribution in [0.5, 0.6) is 5.75 Å². The molecule has 1 rings (SSSR count). The number of ether oxygens (including phenoxy) is 1. The molecule has 0 bridgehead atoms. The van der Waals surface area contributed by atoms with Crippen LogP contribution in [0.25, 0.3) is 0 Å². The average Bonchev–Trinajstić information content (AvgIpc) is 2.12. The van der Waals surface area contributed by atoms with E-state index >= 15 is 0 Å². The lowest BCUT2D eigenvalue weighted by atomic mass is 10.4. The maximum Gasteiger partial charge on any atom is 0.192 e. The van der Waals surface area contributed by atoms with Crippen molar-refractivity contribution in [1.29, 1.82) is 0 Å². The van der Waals surface area contributed by atoms with Crippen LogP contribution in [0, 0.1) is 0 Å². The molecule has 1 heterocycles. The Morgan fingerprint density at radius 2 is 2.19 bits per heavy atom. The van der Waals surface area contributed by atoms with E-state index in [0.29, 0.717) is 10.4 Å². The fraction of sp³-hybridized carbons (Fsp3) is 0.444. The van der Waals surface area contributed by atoms with Gasteiger partial charge in [0.1, 0.15) is 17.0 Å². The summed E-state index contributed by atoms with van der Waals surface area (Å²) in [5, 5.41) is 8.97. The van der Waals surface area contributed by atoms with Gasteiger partial charge in [0.15, 0.2) is 14.9 Å². The van der Waals surface area contributed by atoms with E-state index in [2.05, 4.69) is 20.9 Å². The van der Waals surface area contributed by atoms with Gasteiger partial charge in [-0.15, -0.1) is 0 Å². The summed E-state index contributed by atoms with van der Waals surface area (Å²) < 4.78 is 28.1. The zero-order chi connectivity index (χ0) is 12.3. The van der Waals surface area contributed by atoms with Crippen LogP contribution in [0.1, 0.15) is 6.92 Å². The van der Waals surface area contributed by atoms with Gasteiger partial charge in [-0.1, -0.05) is 0 Å². The van der Waals surface area contributed by atoms with Gasteiger partial charge in [0, 0.05) is 18.4 Å². The van der Waals surface area contributed by atoms with Crippen molar-refractivity contribution >= 4 is 25.8 Å². The minimum absolute atomic E-state index is 0.0672. The van der Waals surface area contributed by atoms with Crippen molar-refractivity contribution < 1.29 is 18.3 Å². The van der Waals surface area contributed by atoms with E-state index in [9.17, 15) is 8.42 Å². The molecule has 1 aromatic rings. The number of hydrogen-bond acceptors (Lipinski definition) is 5. The van der Waals surface area contributed by atoms with Gasteiger partial charge in [0.25, 0.3) is 0 Å². The Hall–Kier alpha value is -0.660. The molecule has 0 radical (unpaired) electrons. The number of pyridine rings is 1. The highest BCUT2D eigenvalue weighted by Crippen LogP contribution is 2.21. The minimum atomic E-state index is -3.37. The Bertz CT molecular complexity index is 472. The van der Waals surface area contributed by atoms with Crippen molar-refractivity contribution in [2.45, 2.75) is 18.1 Å². The molecule has 0 aliphatic carbocycles. The average molecular weight is 310 g/mol. The topological polar surface area (TPSA) is 76.5 Å². The van der Waals surface area contributed by atoms with Crippen LogP contribution in [0.2, 0.25) is 0 Å². The first-order chi connectivity index (χ1) is 7.29. The number of sulfone groups is 1. The zero-order valence-electron chi connectivity index (χ0n) is 8.84. The highest BCUT2D eigenvalue weighted by atomic mass is 79.9. The van der Waals surface area contributed by atoms with Gasteiger partial charge < -0.3 is 9.84 Å². The fourth-order valence-corrected chi connectivity index (χ4v) is 2.07. The Balaban J connectivity index is 3.00. The third kappa shape index (κ3) is 4.07. The summed E-state index contributed by atoms with van der Waals surface area (Å²) in [7, 11) is -3.37. The second-order valence-corrected chi connectivity index (χ2v) is 6.17. The number of aliphatic hydroxyl groups is 1. The number of aliphatic hydroxyl groups excluding tert-OH is 1. The van der Waals surface area contributed by atoms with E-state index in [0.717, 1.165) is 6.26 Å². The molecule has 1 N–H and O–H groups in total. The van der Waals surface area contributed by atoms with Gasteiger partial charge in [-0.25, -0.2) is 13.4 Å². The van der Waals surface area contributed by atoms with Crippen molar-refractivity contribution in [3.8, 4) is 5.75 Å². The Morgan fingerprint density at radius 1 is 1.56 bits per heavy atom. The van der Waals surface area contributed by atoms with Crippen LogP contribution in [0.3, 0.4) is 0 Å². The lowest BCUT2D eigenvalue weighted by Gasteiger charge is -2.09. The van der Waals surface area contributed by atoms with Crippen LogP contribution in [0.15, 0.2) is 21.8 Å². The molecule has 0 aromatic carbocycles. The molecule has 90 valence electrons. The first-order valence-electron chi connectivity index (χ1n) is 4.47. The quantitative estimate of drug-likeness (QED) is 0.840. The summed E-state index contributed by atoms with van der Waals surface area (Å²) in [5.74, 6) is 0.350. The SMILES string of the molecule is CC(O)COc1cc(Br)nc(S(C)(=O)=O)c1. The van der Waals surface area contributed by atoms with Crippen molar-refractivity contribution in [3.63, 3.8) is 0 Å². The summed E-state index contributed by atoms with van der Waals surface area (Å²) in [6.45, 7) is 1.67. The lowest BCUT2D eigenvalue weighted by Crippen LogP contribution is -2.13. The molecule has 0 fully saturated rings.